The molecule has 4 rings (SSSR count). The molecule has 1 atom stereocenters. The molecule has 0 saturated heterocycles. The predicted molar refractivity (Wildman–Crippen MR) is 110 cm³/mol. The summed E-state index contributed by atoms with van der Waals surface area (Å²) in [6, 6.07) is 3.41. The van der Waals surface area contributed by atoms with Crippen molar-refractivity contribution in [2.24, 2.45) is 17.8 Å². The lowest BCUT2D eigenvalue weighted by atomic mass is 9.68. The van der Waals surface area contributed by atoms with Gasteiger partial charge in [0.1, 0.15) is 5.82 Å². The molecule has 1 heterocycles. The van der Waals surface area contributed by atoms with Crippen molar-refractivity contribution >= 4 is 0 Å². The van der Waals surface area contributed by atoms with Crippen LogP contribution >= 0.6 is 0 Å². The monoisotopic (exact) mass is 426 g/mol. The highest BCUT2D eigenvalue weighted by Crippen LogP contribution is 2.45. The summed E-state index contributed by atoms with van der Waals surface area (Å²) >= 11 is 0. The molecule has 3 aliphatic rings. The SMILES string of the molecule is CCCC1CCC(C2CCC(c3cc(F)c4c(c3)COC(C(F)(F)F)C4)CC2)CC1. The van der Waals surface area contributed by atoms with Crippen molar-refractivity contribution in [3.8, 4) is 0 Å². The van der Waals surface area contributed by atoms with Crippen molar-refractivity contribution in [3.63, 3.8) is 0 Å². The van der Waals surface area contributed by atoms with Gasteiger partial charge in [0, 0.05) is 6.42 Å². The molecule has 1 unspecified atom stereocenters. The van der Waals surface area contributed by atoms with Crippen LogP contribution in [0.2, 0.25) is 0 Å². The van der Waals surface area contributed by atoms with Gasteiger partial charge in [0.25, 0.3) is 0 Å². The Morgan fingerprint density at radius 1 is 0.933 bits per heavy atom. The zero-order chi connectivity index (χ0) is 21.3. The highest BCUT2D eigenvalue weighted by atomic mass is 19.4. The van der Waals surface area contributed by atoms with E-state index < -0.39 is 24.5 Å². The van der Waals surface area contributed by atoms with Gasteiger partial charge in [-0.2, -0.15) is 13.2 Å². The van der Waals surface area contributed by atoms with Crippen LogP contribution in [0.3, 0.4) is 0 Å². The minimum absolute atomic E-state index is 0.152. The predicted octanol–water partition coefficient (Wildman–Crippen LogP) is 7.71. The van der Waals surface area contributed by atoms with Gasteiger partial charge < -0.3 is 4.74 Å². The molecule has 2 saturated carbocycles. The number of hydrogen-bond donors (Lipinski definition) is 0. The average molecular weight is 427 g/mol. The van der Waals surface area contributed by atoms with E-state index in [0.717, 1.165) is 36.2 Å². The number of alkyl halides is 3. The van der Waals surface area contributed by atoms with Gasteiger partial charge in [0.2, 0.25) is 0 Å². The molecule has 0 radical (unpaired) electrons. The number of ether oxygens (including phenoxy) is 1. The van der Waals surface area contributed by atoms with E-state index >= 15 is 0 Å². The minimum Gasteiger partial charge on any atom is -0.364 e. The molecule has 2 aliphatic carbocycles. The maximum atomic E-state index is 14.7. The van der Waals surface area contributed by atoms with Crippen LogP contribution in [0.4, 0.5) is 17.6 Å². The zero-order valence-corrected chi connectivity index (χ0v) is 17.9. The first-order chi connectivity index (χ1) is 14.3. The summed E-state index contributed by atoms with van der Waals surface area (Å²) < 4.78 is 58.5. The number of hydrogen-bond acceptors (Lipinski definition) is 1. The topological polar surface area (TPSA) is 9.23 Å². The van der Waals surface area contributed by atoms with Crippen molar-refractivity contribution in [2.45, 2.75) is 102 Å². The zero-order valence-electron chi connectivity index (χ0n) is 17.9. The summed E-state index contributed by atoms with van der Waals surface area (Å²) in [7, 11) is 0. The third-order valence-corrected chi connectivity index (χ3v) is 8.00. The minimum atomic E-state index is -4.45. The van der Waals surface area contributed by atoms with E-state index in [4.69, 9.17) is 4.74 Å². The Hall–Kier alpha value is -1.10. The normalized spacial score (nSPS) is 32.6. The maximum Gasteiger partial charge on any atom is 0.414 e. The molecule has 1 nitrogen and oxygen atoms in total. The van der Waals surface area contributed by atoms with Crippen LogP contribution in [-0.4, -0.2) is 12.3 Å². The first kappa shape index (κ1) is 22.1. The number of benzene rings is 1. The molecule has 0 amide bonds. The Bertz CT molecular complexity index is 713. The van der Waals surface area contributed by atoms with Crippen LogP contribution in [0.25, 0.3) is 0 Å². The van der Waals surface area contributed by atoms with Crippen LogP contribution in [0.1, 0.15) is 93.7 Å². The molecule has 1 aliphatic heterocycles. The maximum absolute atomic E-state index is 14.7. The van der Waals surface area contributed by atoms with Gasteiger partial charge in [0.05, 0.1) is 6.61 Å². The van der Waals surface area contributed by atoms with Gasteiger partial charge in [0.15, 0.2) is 6.10 Å². The van der Waals surface area contributed by atoms with Crippen molar-refractivity contribution in [3.05, 3.63) is 34.6 Å². The second-order valence-corrected chi connectivity index (χ2v) is 9.87. The fraction of sp³-hybridized carbons (Fsp3) is 0.760. The Labute approximate surface area is 177 Å². The van der Waals surface area contributed by atoms with Crippen molar-refractivity contribution in [2.75, 3.05) is 0 Å². The van der Waals surface area contributed by atoms with Crippen molar-refractivity contribution in [1.29, 1.82) is 0 Å². The fourth-order valence-electron chi connectivity index (χ4n) is 6.24. The van der Waals surface area contributed by atoms with E-state index in [2.05, 4.69) is 6.92 Å². The van der Waals surface area contributed by atoms with Gasteiger partial charge in [-0.05, 0) is 85.0 Å². The molecule has 1 aromatic carbocycles. The van der Waals surface area contributed by atoms with Crippen LogP contribution < -0.4 is 0 Å². The van der Waals surface area contributed by atoms with Gasteiger partial charge >= 0.3 is 6.18 Å². The Morgan fingerprint density at radius 2 is 1.57 bits per heavy atom. The van der Waals surface area contributed by atoms with E-state index in [1.807, 2.05) is 6.07 Å². The lowest BCUT2D eigenvalue weighted by Gasteiger charge is -2.38. The highest BCUT2D eigenvalue weighted by Gasteiger charge is 2.43. The summed E-state index contributed by atoms with van der Waals surface area (Å²) in [5.74, 6) is 2.41. The van der Waals surface area contributed by atoms with Crippen LogP contribution in [-0.2, 0) is 17.8 Å². The molecule has 2 fully saturated rings. The largest absolute Gasteiger partial charge is 0.414 e. The summed E-state index contributed by atoms with van der Waals surface area (Å²) in [4.78, 5) is 0. The molecule has 5 heteroatoms. The van der Waals surface area contributed by atoms with Gasteiger partial charge in [-0.3, -0.25) is 0 Å². The number of rotatable bonds is 4. The average Bonchev–Trinajstić information content (AvgIpc) is 2.74. The molecule has 0 bridgehead atoms. The lowest BCUT2D eigenvalue weighted by Crippen LogP contribution is -2.37. The Morgan fingerprint density at radius 3 is 2.17 bits per heavy atom. The second-order valence-electron chi connectivity index (χ2n) is 9.87. The first-order valence-electron chi connectivity index (χ1n) is 11.8. The standard InChI is InChI=1S/C25H34F4O/c1-2-3-16-4-6-17(7-5-16)18-8-10-19(11-9-18)20-12-21-15-30-24(25(27,28)29)14-22(21)23(26)13-20/h12-13,16-19,24H,2-11,14-15H2,1H3. The van der Waals surface area contributed by atoms with Gasteiger partial charge in [-0.25, -0.2) is 4.39 Å². The summed E-state index contributed by atoms with van der Waals surface area (Å²) in [5, 5.41) is 0. The lowest BCUT2D eigenvalue weighted by molar-refractivity contribution is -0.226. The number of fused-ring (bicyclic) bond motifs is 1. The fourth-order valence-corrected chi connectivity index (χ4v) is 6.24. The quantitative estimate of drug-likeness (QED) is 0.448. The van der Waals surface area contributed by atoms with E-state index in [0.29, 0.717) is 11.5 Å². The Balaban J connectivity index is 1.35. The summed E-state index contributed by atoms with van der Waals surface area (Å²) in [5.41, 5.74) is 1.73. The van der Waals surface area contributed by atoms with E-state index in [1.54, 1.807) is 0 Å². The van der Waals surface area contributed by atoms with E-state index in [1.165, 1.54) is 57.4 Å². The van der Waals surface area contributed by atoms with Gasteiger partial charge in [-0.15, -0.1) is 0 Å². The molecule has 0 aromatic heterocycles. The highest BCUT2D eigenvalue weighted by molar-refractivity contribution is 5.37. The molecule has 0 N–H and O–H groups in total. The smallest absolute Gasteiger partial charge is 0.364 e. The van der Waals surface area contributed by atoms with E-state index in [-0.39, 0.29) is 12.2 Å². The van der Waals surface area contributed by atoms with Crippen molar-refractivity contribution in [1.82, 2.24) is 0 Å². The summed E-state index contributed by atoms with van der Waals surface area (Å²) in [6.07, 6.45) is 5.91. The molecule has 168 valence electrons. The first-order valence-corrected chi connectivity index (χ1v) is 11.8. The molecular formula is C25H34F4O. The van der Waals surface area contributed by atoms with Crippen molar-refractivity contribution < 1.29 is 22.3 Å². The van der Waals surface area contributed by atoms with Crippen LogP contribution in [0.5, 0.6) is 0 Å². The summed E-state index contributed by atoms with van der Waals surface area (Å²) in [6.45, 7) is 2.12. The number of halogens is 4. The van der Waals surface area contributed by atoms with E-state index in [9.17, 15) is 17.6 Å². The third-order valence-electron chi connectivity index (χ3n) is 8.00. The van der Waals surface area contributed by atoms with Crippen LogP contribution in [0, 0.1) is 23.6 Å². The molecular weight excluding hydrogens is 392 g/mol. The molecule has 30 heavy (non-hydrogen) atoms. The Kier molecular flexibility index (Phi) is 6.76. The van der Waals surface area contributed by atoms with Gasteiger partial charge in [-0.1, -0.05) is 38.7 Å². The second kappa shape index (κ2) is 9.18. The van der Waals surface area contributed by atoms with Crippen LogP contribution in [0.15, 0.2) is 12.1 Å². The third kappa shape index (κ3) is 4.87. The molecule has 0 spiro atoms. The molecule has 1 aromatic rings.